The summed E-state index contributed by atoms with van der Waals surface area (Å²) in [5.74, 6) is 0.0500. The molecule has 128 valence electrons. The van der Waals surface area contributed by atoms with Crippen molar-refractivity contribution in [1.29, 1.82) is 0 Å². The second-order valence-electron chi connectivity index (χ2n) is 5.97. The Kier molecular flexibility index (Phi) is 4.68. The van der Waals surface area contributed by atoms with E-state index in [1.165, 1.54) is 17.1 Å². The molecule has 1 aliphatic carbocycles. The minimum atomic E-state index is -3.76. The number of aryl methyl sites for hydroxylation is 1. The minimum absolute atomic E-state index is 0.0433. The number of sulfonamides is 1. The minimum Gasteiger partial charge on any atom is -0.335 e. The summed E-state index contributed by atoms with van der Waals surface area (Å²) in [7, 11) is -3.76. The highest BCUT2D eigenvalue weighted by atomic mass is 32.2. The molecule has 1 aromatic carbocycles. The summed E-state index contributed by atoms with van der Waals surface area (Å²) in [6, 6.07) is 10.2. The molecule has 0 atom stereocenters. The lowest BCUT2D eigenvalue weighted by Gasteiger charge is -2.22. The van der Waals surface area contributed by atoms with Gasteiger partial charge in [0.2, 0.25) is 15.9 Å². The van der Waals surface area contributed by atoms with Crippen LogP contribution < -0.4 is 5.14 Å². The molecule has 1 fully saturated rings. The zero-order chi connectivity index (χ0) is 17.2. The molecule has 0 spiro atoms. The highest BCUT2D eigenvalue weighted by Crippen LogP contribution is 2.29. The summed E-state index contributed by atoms with van der Waals surface area (Å²) in [5, 5.41) is 9.00. The van der Waals surface area contributed by atoms with Crippen molar-refractivity contribution in [2.75, 3.05) is 0 Å². The number of amides is 1. The molecule has 0 unspecified atom stereocenters. The fourth-order valence-electron chi connectivity index (χ4n) is 2.55. The van der Waals surface area contributed by atoms with Crippen LogP contribution in [0.2, 0.25) is 0 Å². The average molecular weight is 348 g/mol. The van der Waals surface area contributed by atoms with Crippen molar-refractivity contribution >= 4 is 15.9 Å². The predicted octanol–water partition coefficient (Wildman–Crippen LogP) is 1.11. The van der Waals surface area contributed by atoms with Gasteiger partial charge in [-0.2, -0.15) is 5.10 Å². The van der Waals surface area contributed by atoms with Crippen LogP contribution >= 0.6 is 0 Å². The molecule has 7 nitrogen and oxygen atoms in total. The van der Waals surface area contributed by atoms with Crippen molar-refractivity contribution in [3.63, 3.8) is 0 Å². The van der Waals surface area contributed by atoms with Crippen molar-refractivity contribution in [2.45, 2.75) is 43.3 Å². The van der Waals surface area contributed by atoms with Crippen molar-refractivity contribution in [2.24, 2.45) is 5.14 Å². The third-order valence-electron chi connectivity index (χ3n) is 4.00. The van der Waals surface area contributed by atoms with Crippen LogP contribution in [0.15, 0.2) is 47.6 Å². The van der Waals surface area contributed by atoms with E-state index >= 15 is 0 Å². The van der Waals surface area contributed by atoms with E-state index in [0.29, 0.717) is 19.1 Å². The Balaban J connectivity index is 1.61. The first-order valence-corrected chi connectivity index (χ1v) is 9.37. The van der Waals surface area contributed by atoms with Gasteiger partial charge in [0.15, 0.2) is 0 Å². The Morgan fingerprint density at radius 1 is 1.29 bits per heavy atom. The number of hydrogen-bond donors (Lipinski definition) is 1. The highest BCUT2D eigenvalue weighted by Gasteiger charge is 2.32. The van der Waals surface area contributed by atoms with E-state index in [4.69, 9.17) is 5.14 Å². The molecule has 2 aromatic rings. The van der Waals surface area contributed by atoms with Gasteiger partial charge in [0.1, 0.15) is 4.90 Å². The van der Waals surface area contributed by atoms with Crippen molar-refractivity contribution < 1.29 is 13.2 Å². The third kappa shape index (κ3) is 4.21. The first-order valence-electron chi connectivity index (χ1n) is 7.82. The molecule has 0 saturated heterocycles. The number of aromatic nitrogens is 2. The predicted molar refractivity (Wildman–Crippen MR) is 88.2 cm³/mol. The van der Waals surface area contributed by atoms with Crippen LogP contribution in [-0.4, -0.2) is 35.0 Å². The monoisotopic (exact) mass is 348 g/mol. The molecule has 0 radical (unpaired) electrons. The maximum absolute atomic E-state index is 12.5. The summed E-state index contributed by atoms with van der Waals surface area (Å²) >= 11 is 0. The van der Waals surface area contributed by atoms with Crippen LogP contribution in [0.4, 0.5) is 0 Å². The summed E-state index contributed by atoms with van der Waals surface area (Å²) in [5.41, 5.74) is 1.10. The average Bonchev–Trinajstić information content (AvgIpc) is 3.26. The van der Waals surface area contributed by atoms with Gasteiger partial charge in [-0.25, -0.2) is 13.6 Å². The molecule has 1 saturated carbocycles. The van der Waals surface area contributed by atoms with E-state index in [1.54, 1.807) is 0 Å². The first kappa shape index (κ1) is 16.7. The third-order valence-corrected chi connectivity index (χ3v) is 4.86. The highest BCUT2D eigenvalue weighted by molar-refractivity contribution is 7.89. The number of rotatable bonds is 7. The Bertz CT molecular complexity index is 813. The van der Waals surface area contributed by atoms with Gasteiger partial charge in [0.05, 0.1) is 6.20 Å². The fraction of sp³-hybridized carbons (Fsp3) is 0.375. The number of nitrogens with zero attached hydrogens (tertiary/aromatic N) is 3. The van der Waals surface area contributed by atoms with Crippen LogP contribution in [0.5, 0.6) is 0 Å². The van der Waals surface area contributed by atoms with E-state index in [9.17, 15) is 13.2 Å². The van der Waals surface area contributed by atoms with Gasteiger partial charge in [-0.3, -0.25) is 9.48 Å². The van der Waals surface area contributed by atoms with Crippen LogP contribution in [0.3, 0.4) is 0 Å². The Labute approximate surface area is 141 Å². The Hall–Kier alpha value is -2.19. The summed E-state index contributed by atoms with van der Waals surface area (Å²) in [4.78, 5) is 14.4. The molecule has 0 bridgehead atoms. The van der Waals surface area contributed by atoms with Gasteiger partial charge in [-0.15, -0.1) is 0 Å². The Morgan fingerprint density at radius 3 is 2.58 bits per heavy atom. The molecule has 1 aromatic heterocycles. The van der Waals surface area contributed by atoms with E-state index in [-0.39, 0.29) is 17.2 Å². The second kappa shape index (κ2) is 6.74. The Morgan fingerprint density at radius 2 is 2.00 bits per heavy atom. The fourth-order valence-corrected chi connectivity index (χ4v) is 3.02. The van der Waals surface area contributed by atoms with Crippen LogP contribution in [0, 0.1) is 0 Å². The number of carbonyl (C=O) groups is 1. The maximum Gasteiger partial charge on any atom is 0.241 e. The van der Waals surface area contributed by atoms with Gasteiger partial charge < -0.3 is 4.90 Å². The molecular weight excluding hydrogens is 328 g/mol. The van der Waals surface area contributed by atoms with Gasteiger partial charge in [0.25, 0.3) is 0 Å². The maximum atomic E-state index is 12.5. The lowest BCUT2D eigenvalue weighted by Crippen LogP contribution is -2.33. The van der Waals surface area contributed by atoms with Gasteiger partial charge in [-0.1, -0.05) is 30.3 Å². The van der Waals surface area contributed by atoms with Crippen LogP contribution in [-0.2, 0) is 27.9 Å². The zero-order valence-electron chi connectivity index (χ0n) is 13.2. The summed E-state index contributed by atoms with van der Waals surface area (Å²) in [6.45, 7) is 0.929. The molecule has 0 aliphatic heterocycles. The number of hydrogen-bond acceptors (Lipinski definition) is 4. The van der Waals surface area contributed by atoms with E-state index in [0.717, 1.165) is 18.4 Å². The number of nitrogens with two attached hydrogens (primary N) is 1. The molecule has 1 amide bonds. The van der Waals surface area contributed by atoms with E-state index in [2.05, 4.69) is 5.10 Å². The van der Waals surface area contributed by atoms with Crippen molar-refractivity contribution in [3.05, 3.63) is 48.3 Å². The van der Waals surface area contributed by atoms with E-state index < -0.39 is 10.0 Å². The lowest BCUT2D eigenvalue weighted by atomic mass is 10.2. The summed E-state index contributed by atoms with van der Waals surface area (Å²) in [6.07, 6.45) is 4.89. The molecule has 1 heterocycles. The van der Waals surface area contributed by atoms with Gasteiger partial charge in [0, 0.05) is 31.7 Å². The molecule has 2 N–H and O–H groups in total. The molecule has 24 heavy (non-hydrogen) atoms. The number of benzene rings is 1. The SMILES string of the molecule is NS(=O)(=O)c1cnn(CCC(=O)N(Cc2ccccc2)C2CC2)c1. The quantitative estimate of drug-likeness (QED) is 0.810. The van der Waals surface area contributed by atoms with Gasteiger partial charge >= 0.3 is 0 Å². The van der Waals surface area contributed by atoms with Crippen LogP contribution in [0.1, 0.15) is 24.8 Å². The standard InChI is InChI=1S/C16H20N4O3S/c17-24(22,23)15-10-18-19(12-15)9-8-16(21)20(14-6-7-14)11-13-4-2-1-3-5-13/h1-5,10,12,14H,6-9,11H2,(H2,17,22,23). The second-order valence-corrected chi connectivity index (χ2v) is 7.53. The number of primary sulfonamides is 1. The largest absolute Gasteiger partial charge is 0.335 e. The van der Waals surface area contributed by atoms with Crippen molar-refractivity contribution in [1.82, 2.24) is 14.7 Å². The smallest absolute Gasteiger partial charge is 0.241 e. The summed E-state index contributed by atoms with van der Waals surface area (Å²) < 4.78 is 23.9. The normalized spacial score (nSPS) is 14.5. The van der Waals surface area contributed by atoms with Gasteiger partial charge in [-0.05, 0) is 18.4 Å². The molecule has 1 aliphatic rings. The van der Waals surface area contributed by atoms with Crippen LogP contribution in [0.25, 0.3) is 0 Å². The molecular formula is C16H20N4O3S. The number of carbonyl (C=O) groups excluding carboxylic acids is 1. The topological polar surface area (TPSA) is 98.3 Å². The van der Waals surface area contributed by atoms with Crippen molar-refractivity contribution in [3.8, 4) is 0 Å². The molecule has 3 rings (SSSR count). The van der Waals surface area contributed by atoms with E-state index in [1.807, 2.05) is 35.2 Å². The molecule has 8 heteroatoms. The zero-order valence-corrected chi connectivity index (χ0v) is 14.0. The first-order chi connectivity index (χ1) is 11.4. The lowest BCUT2D eigenvalue weighted by molar-refractivity contribution is -0.132.